The molecule has 2 N–H and O–H groups in total. The van der Waals surface area contributed by atoms with Gasteiger partial charge in [-0.15, -0.1) is 0 Å². The van der Waals surface area contributed by atoms with Crippen LogP contribution in [0, 0.1) is 0 Å². The summed E-state index contributed by atoms with van der Waals surface area (Å²) in [6, 6.07) is 0. The second-order valence-electron chi connectivity index (χ2n) is 3.10. The summed E-state index contributed by atoms with van der Waals surface area (Å²) in [5, 5.41) is 6.84. The van der Waals surface area contributed by atoms with Crippen LogP contribution in [0.2, 0.25) is 0 Å². The van der Waals surface area contributed by atoms with E-state index >= 15 is 0 Å². The third kappa shape index (κ3) is 3.61. The van der Waals surface area contributed by atoms with Crippen molar-refractivity contribution >= 4 is 10.0 Å². The van der Waals surface area contributed by atoms with Gasteiger partial charge in [-0.25, -0.2) is 13.1 Å². The van der Waals surface area contributed by atoms with Crippen molar-refractivity contribution in [1.82, 2.24) is 19.8 Å². The third-order valence-corrected chi connectivity index (χ3v) is 3.25. The van der Waals surface area contributed by atoms with E-state index in [1.54, 1.807) is 7.05 Å². The zero-order valence-corrected chi connectivity index (χ0v) is 9.71. The summed E-state index contributed by atoms with van der Waals surface area (Å²) in [4.78, 5) is 0.196. The molecule has 7 heteroatoms. The van der Waals surface area contributed by atoms with Crippen LogP contribution in [0.4, 0.5) is 0 Å². The quantitative estimate of drug-likeness (QED) is 0.636. The normalized spacial score (nSPS) is 11.9. The molecule has 1 aromatic rings. The van der Waals surface area contributed by atoms with Crippen molar-refractivity contribution in [3.05, 3.63) is 12.4 Å². The van der Waals surface area contributed by atoms with E-state index in [9.17, 15) is 8.42 Å². The number of rotatable bonds is 6. The molecule has 0 bridgehead atoms. The lowest BCUT2D eigenvalue weighted by molar-refractivity contribution is 0.577. The number of nitrogens with zero attached hydrogens (tertiary/aromatic N) is 2. The number of likely N-dealkylation sites (N-methyl/N-ethyl adjacent to an activating group) is 1. The van der Waals surface area contributed by atoms with Crippen LogP contribution >= 0.6 is 0 Å². The maximum Gasteiger partial charge on any atom is 0.243 e. The minimum atomic E-state index is -3.39. The lowest BCUT2D eigenvalue weighted by atomic mass is 10.6. The predicted molar refractivity (Wildman–Crippen MR) is 56.9 cm³/mol. The Morgan fingerprint density at radius 1 is 1.47 bits per heavy atom. The predicted octanol–water partition coefficient (Wildman–Crippen LogP) is -0.692. The van der Waals surface area contributed by atoms with Gasteiger partial charge < -0.3 is 5.32 Å². The third-order valence-electron chi connectivity index (χ3n) is 1.84. The molecule has 6 nitrogen and oxygen atoms in total. The Morgan fingerprint density at radius 3 is 2.73 bits per heavy atom. The van der Waals surface area contributed by atoms with Crippen LogP contribution in [-0.4, -0.2) is 37.8 Å². The van der Waals surface area contributed by atoms with Crippen LogP contribution in [0.3, 0.4) is 0 Å². The first-order chi connectivity index (χ1) is 7.06. The number of hydrogen-bond acceptors (Lipinski definition) is 4. The van der Waals surface area contributed by atoms with E-state index in [0.717, 1.165) is 6.54 Å². The molecule has 0 aliphatic heterocycles. The average molecular weight is 232 g/mol. The molecular formula is C8H16N4O2S. The fraction of sp³-hybridized carbons (Fsp3) is 0.625. The van der Waals surface area contributed by atoms with Gasteiger partial charge in [-0.2, -0.15) is 5.10 Å². The summed E-state index contributed by atoms with van der Waals surface area (Å²) in [7, 11) is -1.72. The highest BCUT2D eigenvalue weighted by atomic mass is 32.2. The minimum Gasteiger partial charge on any atom is -0.316 e. The zero-order valence-electron chi connectivity index (χ0n) is 8.90. The van der Waals surface area contributed by atoms with E-state index in [0.29, 0.717) is 13.1 Å². The second kappa shape index (κ2) is 5.24. The number of nitrogens with one attached hydrogen (secondary N) is 2. The summed E-state index contributed by atoms with van der Waals surface area (Å²) in [6.45, 7) is 3.80. The summed E-state index contributed by atoms with van der Waals surface area (Å²) >= 11 is 0. The van der Waals surface area contributed by atoms with Gasteiger partial charge in [0.1, 0.15) is 4.90 Å². The van der Waals surface area contributed by atoms with E-state index in [4.69, 9.17) is 0 Å². The van der Waals surface area contributed by atoms with Gasteiger partial charge in [0, 0.05) is 26.3 Å². The topological polar surface area (TPSA) is 76.0 Å². The number of hydrogen-bond donors (Lipinski definition) is 2. The Labute approximate surface area is 89.7 Å². The first-order valence-corrected chi connectivity index (χ1v) is 6.23. The molecule has 0 saturated carbocycles. The number of aryl methyl sites for hydroxylation is 1. The standard InChI is InChI=1S/C8H16N4O2S/c1-3-9-4-5-11-15(13,14)8-6-10-12(2)7-8/h6-7,9,11H,3-5H2,1-2H3. The van der Waals surface area contributed by atoms with Gasteiger partial charge >= 0.3 is 0 Å². The molecule has 0 spiro atoms. The maximum absolute atomic E-state index is 11.6. The molecule has 1 aromatic heterocycles. The molecule has 0 saturated heterocycles. The van der Waals surface area contributed by atoms with Gasteiger partial charge in [-0.1, -0.05) is 6.92 Å². The van der Waals surface area contributed by atoms with Crippen molar-refractivity contribution in [1.29, 1.82) is 0 Å². The highest BCUT2D eigenvalue weighted by Crippen LogP contribution is 2.04. The molecule has 1 rings (SSSR count). The van der Waals surface area contributed by atoms with Crippen LogP contribution in [0.25, 0.3) is 0 Å². The van der Waals surface area contributed by atoms with Crippen LogP contribution in [-0.2, 0) is 17.1 Å². The second-order valence-corrected chi connectivity index (χ2v) is 4.87. The zero-order chi connectivity index (χ0) is 11.3. The van der Waals surface area contributed by atoms with Gasteiger partial charge in [-0.05, 0) is 6.54 Å². The molecule has 0 aliphatic carbocycles. The molecule has 15 heavy (non-hydrogen) atoms. The van der Waals surface area contributed by atoms with Crippen molar-refractivity contribution in [2.45, 2.75) is 11.8 Å². The highest BCUT2D eigenvalue weighted by molar-refractivity contribution is 7.89. The fourth-order valence-electron chi connectivity index (χ4n) is 1.07. The lowest BCUT2D eigenvalue weighted by Gasteiger charge is -2.04. The SMILES string of the molecule is CCNCCNS(=O)(=O)c1cnn(C)c1. The Morgan fingerprint density at radius 2 is 2.20 bits per heavy atom. The van der Waals surface area contributed by atoms with Gasteiger partial charge in [0.05, 0.1) is 6.20 Å². The maximum atomic E-state index is 11.6. The van der Waals surface area contributed by atoms with Gasteiger partial charge in [0.15, 0.2) is 0 Å². The Kier molecular flexibility index (Phi) is 4.25. The van der Waals surface area contributed by atoms with Crippen molar-refractivity contribution in [3.8, 4) is 0 Å². The van der Waals surface area contributed by atoms with Crippen molar-refractivity contribution in [3.63, 3.8) is 0 Å². The fourth-order valence-corrected chi connectivity index (χ4v) is 2.09. The molecule has 0 radical (unpaired) electrons. The van der Waals surface area contributed by atoms with Crippen LogP contribution < -0.4 is 10.0 Å². The van der Waals surface area contributed by atoms with E-state index in [1.165, 1.54) is 17.1 Å². The highest BCUT2D eigenvalue weighted by Gasteiger charge is 2.14. The monoisotopic (exact) mass is 232 g/mol. The van der Waals surface area contributed by atoms with Gasteiger partial charge in [-0.3, -0.25) is 4.68 Å². The molecule has 0 atom stereocenters. The van der Waals surface area contributed by atoms with Crippen molar-refractivity contribution in [2.24, 2.45) is 7.05 Å². The Hall–Kier alpha value is -0.920. The molecule has 0 unspecified atom stereocenters. The van der Waals surface area contributed by atoms with E-state index in [2.05, 4.69) is 15.1 Å². The van der Waals surface area contributed by atoms with E-state index in [1.807, 2.05) is 6.92 Å². The van der Waals surface area contributed by atoms with Crippen LogP contribution in [0.1, 0.15) is 6.92 Å². The molecule has 0 aromatic carbocycles. The summed E-state index contributed by atoms with van der Waals surface area (Å²) in [6.07, 6.45) is 2.80. The van der Waals surface area contributed by atoms with E-state index in [-0.39, 0.29) is 4.90 Å². The van der Waals surface area contributed by atoms with Crippen molar-refractivity contribution < 1.29 is 8.42 Å². The van der Waals surface area contributed by atoms with Gasteiger partial charge in [0.25, 0.3) is 0 Å². The number of sulfonamides is 1. The molecule has 86 valence electrons. The molecule has 0 fully saturated rings. The largest absolute Gasteiger partial charge is 0.316 e. The summed E-state index contributed by atoms with van der Waals surface area (Å²) in [5.74, 6) is 0. The smallest absolute Gasteiger partial charge is 0.243 e. The summed E-state index contributed by atoms with van der Waals surface area (Å²) in [5.41, 5.74) is 0. The van der Waals surface area contributed by atoms with Crippen LogP contribution in [0.5, 0.6) is 0 Å². The molecular weight excluding hydrogens is 216 g/mol. The first-order valence-electron chi connectivity index (χ1n) is 4.75. The van der Waals surface area contributed by atoms with Crippen molar-refractivity contribution in [2.75, 3.05) is 19.6 Å². The summed E-state index contributed by atoms with van der Waals surface area (Å²) < 4.78 is 27.2. The average Bonchev–Trinajstić information content (AvgIpc) is 2.60. The van der Waals surface area contributed by atoms with Gasteiger partial charge in [0.2, 0.25) is 10.0 Å². The van der Waals surface area contributed by atoms with E-state index < -0.39 is 10.0 Å². The minimum absolute atomic E-state index is 0.196. The first kappa shape index (κ1) is 12.2. The Balaban J connectivity index is 2.53. The molecule has 1 heterocycles. The Bertz CT molecular complexity index is 399. The lowest BCUT2D eigenvalue weighted by Crippen LogP contribution is -2.31. The van der Waals surface area contributed by atoms with Crippen LogP contribution in [0.15, 0.2) is 17.3 Å². The molecule has 0 aliphatic rings. The number of aromatic nitrogens is 2. The molecule has 0 amide bonds.